The van der Waals surface area contributed by atoms with Crippen LogP contribution >= 0.6 is 15.9 Å². The summed E-state index contributed by atoms with van der Waals surface area (Å²) < 4.78 is 26.0. The highest BCUT2D eigenvalue weighted by molar-refractivity contribution is 9.10. The Bertz CT molecular complexity index is 271. The molecule has 0 bridgehead atoms. The summed E-state index contributed by atoms with van der Waals surface area (Å²) in [6, 6.07) is 2.70. The maximum Gasteiger partial charge on any atom is 0.162 e. The van der Waals surface area contributed by atoms with Crippen molar-refractivity contribution >= 4 is 15.9 Å². The minimum Gasteiger partial charge on any atom is -0.204 e. The first kappa shape index (κ1) is 8.65. The van der Waals surface area contributed by atoms with E-state index in [1.165, 1.54) is 0 Å². The molecule has 0 aliphatic rings. The van der Waals surface area contributed by atoms with E-state index in [1.807, 2.05) is 0 Å². The Morgan fingerprint density at radius 2 is 2.00 bits per heavy atom. The van der Waals surface area contributed by atoms with Crippen LogP contribution in [0.25, 0.3) is 0 Å². The van der Waals surface area contributed by atoms with E-state index >= 15 is 0 Å². The van der Waals surface area contributed by atoms with Gasteiger partial charge in [-0.3, -0.25) is 0 Å². The SMILES string of the molecule is CCc1cc(Br)cc(F)c1F. The fraction of sp³-hybridized carbons (Fsp3) is 0.250. The first-order valence-electron chi connectivity index (χ1n) is 3.28. The van der Waals surface area contributed by atoms with Gasteiger partial charge in [-0.1, -0.05) is 22.9 Å². The molecular weight excluding hydrogens is 214 g/mol. The molecule has 0 N–H and O–H groups in total. The van der Waals surface area contributed by atoms with Gasteiger partial charge in [0.25, 0.3) is 0 Å². The highest BCUT2D eigenvalue weighted by atomic mass is 79.9. The Kier molecular flexibility index (Phi) is 2.60. The molecule has 1 rings (SSSR count). The maximum absolute atomic E-state index is 12.8. The van der Waals surface area contributed by atoms with Gasteiger partial charge in [0, 0.05) is 4.47 Å². The number of aryl methyl sites for hydroxylation is 1. The lowest BCUT2D eigenvalue weighted by Gasteiger charge is -2.00. The topological polar surface area (TPSA) is 0 Å². The van der Waals surface area contributed by atoms with Gasteiger partial charge >= 0.3 is 0 Å². The highest BCUT2D eigenvalue weighted by Gasteiger charge is 2.07. The molecule has 11 heavy (non-hydrogen) atoms. The van der Waals surface area contributed by atoms with Gasteiger partial charge in [0.1, 0.15) is 0 Å². The number of halogens is 3. The summed E-state index contributed by atoms with van der Waals surface area (Å²) in [5.41, 5.74) is 0.400. The summed E-state index contributed by atoms with van der Waals surface area (Å²) in [6.07, 6.45) is 0.502. The van der Waals surface area contributed by atoms with Gasteiger partial charge in [-0.15, -0.1) is 0 Å². The zero-order valence-electron chi connectivity index (χ0n) is 6.00. The molecule has 0 heterocycles. The molecule has 0 amide bonds. The van der Waals surface area contributed by atoms with Gasteiger partial charge in [-0.25, -0.2) is 8.78 Å². The van der Waals surface area contributed by atoms with Crippen molar-refractivity contribution in [2.75, 3.05) is 0 Å². The monoisotopic (exact) mass is 220 g/mol. The summed E-state index contributed by atoms with van der Waals surface area (Å²) >= 11 is 3.08. The van der Waals surface area contributed by atoms with Crippen LogP contribution in [0.2, 0.25) is 0 Å². The normalized spacial score (nSPS) is 10.2. The van der Waals surface area contributed by atoms with E-state index in [2.05, 4.69) is 15.9 Å². The standard InChI is InChI=1S/C8H7BrF2/c1-2-5-3-6(9)4-7(10)8(5)11/h3-4H,2H2,1H3. The quantitative estimate of drug-likeness (QED) is 0.638. The van der Waals surface area contributed by atoms with Gasteiger partial charge in [0.2, 0.25) is 0 Å². The minimum absolute atomic E-state index is 0.400. The average molecular weight is 221 g/mol. The lowest BCUT2D eigenvalue weighted by atomic mass is 10.1. The molecule has 60 valence electrons. The van der Waals surface area contributed by atoms with Gasteiger partial charge in [0.15, 0.2) is 11.6 Å². The van der Waals surface area contributed by atoms with Crippen LogP contribution in [0.1, 0.15) is 12.5 Å². The number of hydrogen-bond donors (Lipinski definition) is 0. The lowest BCUT2D eigenvalue weighted by molar-refractivity contribution is 0.499. The van der Waals surface area contributed by atoms with Crippen LogP contribution in [0.5, 0.6) is 0 Å². The van der Waals surface area contributed by atoms with Crippen LogP contribution in [0.15, 0.2) is 16.6 Å². The van der Waals surface area contributed by atoms with Gasteiger partial charge in [0.05, 0.1) is 0 Å². The predicted molar refractivity (Wildman–Crippen MR) is 43.4 cm³/mol. The molecule has 0 fully saturated rings. The second-order valence-corrected chi connectivity index (χ2v) is 3.13. The Hall–Kier alpha value is -0.440. The maximum atomic E-state index is 12.8. The molecular formula is C8H7BrF2. The zero-order chi connectivity index (χ0) is 8.43. The van der Waals surface area contributed by atoms with Crippen molar-refractivity contribution in [3.05, 3.63) is 33.8 Å². The number of hydrogen-bond acceptors (Lipinski definition) is 0. The third-order valence-corrected chi connectivity index (χ3v) is 1.91. The molecule has 0 unspecified atom stereocenters. The molecule has 1 aromatic carbocycles. The van der Waals surface area contributed by atoms with Gasteiger partial charge < -0.3 is 0 Å². The summed E-state index contributed by atoms with van der Waals surface area (Å²) in [4.78, 5) is 0. The summed E-state index contributed by atoms with van der Waals surface area (Å²) in [5.74, 6) is -1.54. The largest absolute Gasteiger partial charge is 0.204 e. The van der Waals surface area contributed by atoms with Crippen LogP contribution in [0, 0.1) is 11.6 Å². The van der Waals surface area contributed by atoms with E-state index in [4.69, 9.17) is 0 Å². The van der Waals surface area contributed by atoms with E-state index in [1.54, 1.807) is 13.0 Å². The lowest BCUT2D eigenvalue weighted by Crippen LogP contribution is -1.92. The van der Waals surface area contributed by atoms with Crippen molar-refractivity contribution < 1.29 is 8.78 Å². The Morgan fingerprint density at radius 1 is 1.36 bits per heavy atom. The predicted octanol–water partition coefficient (Wildman–Crippen LogP) is 3.29. The van der Waals surface area contributed by atoms with Crippen LogP contribution < -0.4 is 0 Å². The molecule has 0 aliphatic heterocycles. The summed E-state index contributed by atoms with van der Waals surface area (Å²) in [5, 5.41) is 0. The van der Waals surface area contributed by atoms with Gasteiger partial charge in [-0.2, -0.15) is 0 Å². The fourth-order valence-corrected chi connectivity index (χ4v) is 1.34. The van der Waals surface area contributed by atoms with Crippen LogP contribution in [0.3, 0.4) is 0 Å². The van der Waals surface area contributed by atoms with E-state index in [9.17, 15) is 8.78 Å². The summed E-state index contributed by atoms with van der Waals surface area (Å²) in [7, 11) is 0. The first-order chi connectivity index (χ1) is 5.15. The third kappa shape index (κ3) is 1.77. The van der Waals surface area contributed by atoms with E-state index in [0.29, 0.717) is 16.5 Å². The van der Waals surface area contributed by atoms with E-state index in [-0.39, 0.29) is 0 Å². The molecule has 0 nitrogen and oxygen atoms in total. The third-order valence-electron chi connectivity index (χ3n) is 1.45. The second kappa shape index (κ2) is 3.30. The van der Waals surface area contributed by atoms with Crippen molar-refractivity contribution in [1.82, 2.24) is 0 Å². The van der Waals surface area contributed by atoms with Crippen molar-refractivity contribution in [1.29, 1.82) is 0 Å². The average Bonchev–Trinajstić information content (AvgIpc) is 1.96. The Labute approximate surface area is 72.4 Å². The molecule has 0 spiro atoms. The molecule has 0 aliphatic carbocycles. The molecule has 0 atom stereocenters. The van der Waals surface area contributed by atoms with Crippen molar-refractivity contribution in [3.63, 3.8) is 0 Å². The fourth-order valence-electron chi connectivity index (χ4n) is 0.867. The Balaban J connectivity index is 3.24. The highest BCUT2D eigenvalue weighted by Crippen LogP contribution is 2.19. The molecule has 0 aromatic heterocycles. The molecule has 3 heteroatoms. The van der Waals surface area contributed by atoms with Crippen LogP contribution in [-0.2, 0) is 6.42 Å². The number of rotatable bonds is 1. The van der Waals surface area contributed by atoms with Crippen LogP contribution in [0.4, 0.5) is 8.78 Å². The molecule has 0 saturated heterocycles. The minimum atomic E-state index is -0.795. The molecule has 1 aromatic rings. The smallest absolute Gasteiger partial charge is 0.162 e. The summed E-state index contributed by atoms with van der Waals surface area (Å²) in [6.45, 7) is 1.78. The molecule has 0 radical (unpaired) electrons. The van der Waals surface area contributed by atoms with E-state index < -0.39 is 11.6 Å². The zero-order valence-corrected chi connectivity index (χ0v) is 7.58. The van der Waals surface area contributed by atoms with Crippen molar-refractivity contribution in [3.8, 4) is 0 Å². The van der Waals surface area contributed by atoms with Crippen LogP contribution in [-0.4, -0.2) is 0 Å². The van der Waals surface area contributed by atoms with E-state index in [0.717, 1.165) is 6.07 Å². The second-order valence-electron chi connectivity index (χ2n) is 2.21. The molecule has 0 saturated carbocycles. The Morgan fingerprint density at radius 3 is 2.55 bits per heavy atom. The van der Waals surface area contributed by atoms with Crippen molar-refractivity contribution in [2.24, 2.45) is 0 Å². The first-order valence-corrected chi connectivity index (χ1v) is 4.08. The van der Waals surface area contributed by atoms with Crippen molar-refractivity contribution in [2.45, 2.75) is 13.3 Å². The number of benzene rings is 1. The van der Waals surface area contributed by atoms with Gasteiger partial charge in [-0.05, 0) is 24.1 Å².